The van der Waals surface area contributed by atoms with Crippen LogP contribution in [0.25, 0.3) is 0 Å². The number of benzene rings is 1. The van der Waals surface area contributed by atoms with Crippen LogP contribution in [0.5, 0.6) is 0 Å². The third-order valence-electron chi connectivity index (χ3n) is 2.31. The predicted molar refractivity (Wildman–Crippen MR) is 70.2 cm³/mol. The third-order valence-corrected chi connectivity index (χ3v) is 2.63. The molecule has 5 nitrogen and oxygen atoms in total. The lowest BCUT2D eigenvalue weighted by Gasteiger charge is -2.06. The van der Waals surface area contributed by atoms with Gasteiger partial charge in [0.1, 0.15) is 0 Å². The lowest BCUT2D eigenvalue weighted by molar-refractivity contribution is -0.116. The maximum Gasteiger partial charge on any atom is 0.337 e. The summed E-state index contributed by atoms with van der Waals surface area (Å²) >= 11 is 5.79. The quantitative estimate of drug-likeness (QED) is 0.691. The van der Waals surface area contributed by atoms with E-state index in [1.54, 1.807) is 0 Å². The molecule has 0 aliphatic heterocycles. The Morgan fingerprint density at radius 2 is 2.11 bits per heavy atom. The number of carboxylic acid groups (broad SMARTS) is 1. The highest BCUT2D eigenvalue weighted by atomic mass is 35.5. The van der Waals surface area contributed by atoms with Gasteiger partial charge in [-0.05, 0) is 38.2 Å². The van der Waals surface area contributed by atoms with Crippen LogP contribution in [0.3, 0.4) is 0 Å². The van der Waals surface area contributed by atoms with Crippen molar-refractivity contribution in [2.45, 2.75) is 12.8 Å². The average molecular weight is 271 g/mol. The van der Waals surface area contributed by atoms with Gasteiger partial charge in [0.15, 0.2) is 0 Å². The molecule has 1 rings (SSSR count). The van der Waals surface area contributed by atoms with Gasteiger partial charge >= 0.3 is 5.97 Å². The van der Waals surface area contributed by atoms with Crippen LogP contribution in [-0.2, 0) is 4.79 Å². The van der Waals surface area contributed by atoms with Crippen LogP contribution in [0.4, 0.5) is 5.69 Å². The molecule has 0 aliphatic carbocycles. The second-order valence-corrected chi connectivity index (χ2v) is 4.16. The van der Waals surface area contributed by atoms with Gasteiger partial charge in [-0.3, -0.25) is 4.79 Å². The van der Waals surface area contributed by atoms with Crippen molar-refractivity contribution in [3.05, 3.63) is 28.8 Å². The fourth-order valence-corrected chi connectivity index (χ4v) is 1.68. The smallest absolute Gasteiger partial charge is 0.337 e. The van der Waals surface area contributed by atoms with Crippen molar-refractivity contribution >= 4 is 29.2 Å². The number of rotatable bonds is 6. The van der Waals surface area contributed by atoms with Crippen LogP contribution < -0.4 is 10.6 Å². The fourth-order valence-electron chi connectivity index (χ4n) is 1.42. The number of anilines is 1. The first kappa shape index (κ1) is 14.5. The number of aromatic carboxylic acids is 1. The first-order valence-corrected chi connectivity index (χ1v) is 5.89. The summed E-state index contributed by atoms with van der Waals surface area (Å²) in [6, 6.07) is 4.32. The minimum Gasteiger partial charge on any atom is -0.478 e. The molecule has 0 bridgehead atoms. The number of carbonyl (C=O) groups is 2. The second-order valence-electron chi connectivity index (χ2n) is 3.76. The Balaban J connectivity index is 2.60. The minimum absolute atomic E-state index is 0.0184. The summed E-state index contributed by atoms with van der Waals surface area (Å²) in [5.74, 6) is -1.21. The van der Waals surface area contributed by atoms with Crippen LogP contribution in [0, 0.1) is 0 Å². The zero-order valence-electron chi connectivity index (χ0n) is 10.00. The molecule has 98 valence electrons. The molecule has 0 atom stereocenters. The molecule has 0 aliphatic rings. The Hall–Kier alpha value is -1.59. The van der Waals surface area contributed by atoms with Crippen LogP contribution >= 0.6 is 11.6 Å². The van der Waals surface area contributed by atoms with Gasteiger partial charge in [0, 0.05) is 12.1 Å². The van der Waals surface area contributed by atoms with E-state index in [2.05, 4.69) is 10.6 Å². The number of carboxylic acids is 1. The lowest BCUT2D eigenvalue weighted by Crippen LogP contribution is -2.15. The molecule has 3 N–H and O–H groups in total. The summed E-state index contributed by atoms with van der Waals surface area (Å²) in [4.78, 5) is 22.3. The Morgan fingerprint density at radius 1 is 1.39 bits per heavy atom. The first-order chi connectivity index (χ1) is 8.54. The monoisotopic (exact) mass is 270 g/mol. The highest BCUT2D eigenvalue weighted by Gasteiger charge is 2.10. The van der Waals surface area contributed by atoms with E-state index in [0.717, 1.165) is 13.0 Å². The summed E-state index contributed by atoms with van der Waals surface area (Å²) in [6.07, 6.45) is 1.14. The molecule has 0 unspecified atom stereocenters. The van der Waals surface area contributed by atoms with Gasteiger partial charge in [0.25, 0.3) is 0 Å². The topological polar surface area (TPSA) is 78.4 Å². The van der Waals surface area contributed by atoms with Gasteiger partial charge in [-0.25, -0.2) is 4.79 Å². The van der Waals surface area contributed by atoms with Crippen molar-refractivity contribution in [2.75, 3.05) is 18.9 Å². The Kier molecular flexibility index (Phi) is 5.61. The zero-order chi connectivity index (χ0) is 13.5. The lowest BCUT2D eigenvalue weighted by atomic mass is 10.2. The standard InChI is InChI=1S/C12H15ClN2O3/c1-14-6-2-3-11(16)15-8-4-5-9(12(17)18)10(13)7-8/h4-5,7,14H,2-3,6H2,1H3,(H,15,16)(H,17,18). The number of carbonyl (C=O) groups excluding carboxylic acids is 1. The zero-order valence-corrected chi connectivity index (χ0v) is 10.8. The van der Waals surface area contributed by atoms with Crippen LogP contribution in [0.1, 0.15) is 23.2 Å². The number of nitrogens with one attached hydrogen (secondary N) is 2. The molecule has 1 aromatic rings. The van der Waals surface area contributed by atoms with E-state index in [4.69, 9.17) is 16.7 Å². The summed E-state index contributed by atoms with van der Waals surface area (Å²) in [5.41, 5.74) is 0.518. The minimum atomic E-state index is -1.09. The predicted octanol–water partition coefficient (Wildman–Crippen LogP) is 1.98. The number of amides is 1. The van der Waals surface area contributed by atoms with Crippen molar-refractivity contribution in [3.8, 4) is 0 Å². The van der Waals surface area contributed by atoms with Gasteiger partial charge in [0.05, 0.1) is 10.6 Å². The maximum absolute atomic E-state index is 11.5. The molecule has 0 saturated carbocycles. The molecule has 1 amide bonds. The van der Waals surface area contributed by atoms with E-state index < -0.39 is 5.97 Å². The molecule has 6 heteroatoms. The fraction of sp³-hybridized carbons (Fsp3) is 0.333. The van der Waals surface area contributed by atoms with E-state index in [9.17, 15) is 9.59 Å². The van der Waals surface area contributed by atoms with Crippen molar-refractivity contribution < 1.29 is 14.7 Å². The summed E-state index contributed by atoms with van der Waals surface area (Å²) < 4.78 is 0. The first-order valence-electron chi connectivity index (χ1n) is 5.52. The van der Waals surface area contributed by atoms with E-state index in [0.29, 0.717) is 12.1 Å². The molecule has 0 fully saturated rings. The van der Waals surface area contributed by atoms with Crippen LogP contribution in [-0.4, -0.2) is 30.6 Å². The van der Waals surface area contributed by atoms with Crippen molar-refractivity contribution in [1.82, 2.24) is 5.32 Å². The molecular weight excluding hydrogens is 256 g/mol. The van der Waals surface area contributed by atoms with Gasteiger partial charge in [-0.2, -0.15) is 0 Å². The summed E-state index contributed by atoms with van der Waals surface area (Å²) in [5, 5.41) is 14.5. The van der Waals surface area contributed by atoms with Crippen molar-refractivity contribution in [1.29, 1.82) is 0 Å². The van der Waals surface area contributed by atoms with Gasteiger partial charge < -0.3 is 15.7 Å². The maximum atomic E-state index is 11.5. The molecule has 18 heavy (non-hydrogen) atoms. The molecule has 0 aromatic heterocycles. The summed E-state index contributed by atoms with van der Waals surface area (Å²) in [7, 11) is 1.82. The Bertz CT molecular complexity index is 449. The molecule has 1 aromatic carbocycles. The molecule has 0 saturated heterocycles. The van der Waals surface area contributed by atoms with E-state index in [1.165, 1.54) is 18.2 Å². The SMILES string of the molecule is CNCCCC(=O)Nc1ccc(C(=O)O)c(Cl)c1. The van der Waals surface area contributed by atoms with E-state index in [-0.39, 0.29) is 16.5 Å². The van der Waals surface area contributed by atoms with Gasteiger partial charge in [0.2, 0.25) is 5.91 Å². The van der Waals surface area contributed by atoms with Crippen molar-refractivity contribution in [3.63, 3.8) is 0 Å². The van der Waals surface area contributed by atoms with Gasteiger partial charge in [-0.15, -0.1) is 0 Å². The normalized spacial score (nSPS) is 10.1. The highest BCUT2D eigenvalue weighted by Crippen LogP contribution is 2.21. The highest BCUT2D eigenvalue weighted by molar-refractivity contribution is 6.33. The third kappa shape index (κ3) is 4.35. The largest absolute Gasteiger partial charge is 0.478 e. The number of hydrogen-bond donors (Lipinski definition) is 3. The molecule has 0 spiro atoms. The van der Waals surface area contributed by atoms with Crippen molar-refractivity contribution in [2.24, 2.45) is 0 Å². The molecular formula is C12H15ClN2O3. The number of halogens is 1. The van der Waals surface area contributed by atoms with E-state index in [1.807, 2.05) is 7.05 Å². The molecule has 0 heterocycles. The Labute approximate surface area is 110 Å². The Morgan fingerprint density at radius 3 is 2.67 bits per heavy atom. The van der Waals surface area contributed by atoms with E-state index >= 15 is 0 Å². The number of hydrogen-bond acceptors (Lipinski definition) is 3. The summed E-state index contributed by atoms with van der Waals surface area (Å²) in [6.45, 7) is 0.770. The molecule has 0 radical (unpaired) electrons. The van der Waals surface area contributed by atoms with Gasteiger partial charge in [-0.1, -0.05) is 11.6 Å². The van der Waals surface area contributed by atoms with Crippen LogP contribution in [0.2, 0.25) is 5.02 Å². The second kappa shape index (κ2) is 6.98. The average Bonchev–Trinajstić information content (AvgIpc) is 2.28. The van der Waals surface area contributed by atoms with Crippen LogP contribution in [0.15, 0.2) is 18.2 Å².